The number of rotatable bonds is 15. The highest BCUT2D eigenvalue weighted by molar-refractivity contribution is 7.92. The minimum Gasteiger partial charge on any atom is -0.480 e. The van der Waals surface area contributed by atoms with Crippen LogP contribution in [0.1, 0.15) is 31.4 Å². The Labute approximate surface area is 279 Å². The molecule has 0 saturated carbocycles. The Morgan fingerprint density at radius 3 is 2.32 bits per heavy atom. The van der Waals surface area contributed by atoms with Gasteiger partial charge in [0.1, 0.15) is 17.2 Å². The average Bonchev–Trinajstić information content (AvgIpc) is 3.58. The van der Waals surface area contributed by atoms with Crippen molar-refractivity contribution in [3.63, 3.8) is 0 Å². The highest BCUT2D eigenvalue weighted by Gasteiger charge is 2.45. The number of aryl methyl sites for hydroxylation is 2. The van der Waals surface area contributed by atoms with Crippen LogP contribution in [-0.4, -0.2) is 58.5 Å². The fraction of sp³-hybridized carbons (Fsp3) is 0.333. The van der Waals surface area contributed by atoms with Gasteiger partial charge in [0.2, 0.25) is 10.0 Å². The van der Waals surface area contributed by atoms with E-state index >= 15 is 0 Å². The van der Waals surface area contributed by atoms with Gasteiger partial charge in [-0.05, 0) is 86.0 Å². The number of anilines is 2. The first-order chi connectivity index (χ1) is 22.4. The number of nitrogens with zero attached hydrogens (tertiary/aromatic N) is 3. The van der Waals surface area contributed by atoms with Crippen LogP contribution in [0.3, 0.4) is 0 Å². The van der Waals surface area contributed by atoms with Crippen LogP contribution in [0.5, 0.6) is 17.2 Å². The predicted molar refractivity (Wildman–Crippen MR) is 184 cm³/mol. The maximum Gasteiger partial charge on any atom is 0.316 e. The molecule has 3 aromatic rings. The summed E-state index contributed by atoms with van der Waals surface area (Å²) in [5, 5.41) is 11.0. The highest BCUT2D eigenvalue weighted by atomic mass is 32.2. The number of benzene rings is 3. The van der Waals surface area contributed by atoms with Crippen molar-refractivity contribution >= 4 is 55.5 Å². The molecule has 4 N–H and O–H groups in total. The van der Waals surface area contributed by atoms with Crippen LogP contribution in [-0.2, 0) is 32.6 Å². The molecule has 2 aliphatic rings. The fourth-order valence-corrected chi connectivity index (χ4v) is 6.75. The second kappa shape index (κ2) is 14.7. The van der Waals surface area contributed by atoms with Crippen LogP contribution in [0.4, 0.5) is 11.4 Å². The Hall–Kier alpha value is -4.19. The highest BCUT2D eigenvalue weighted by Crippen LogP contribution is 2.28. The van der Waals surface area contributed by atoms with Gasteiger partial charge in [0, 0.05) is 23.8 Å². The molecule has 47 heavy (non-hydrogen) atoms. The van der Waals surface area contributed by atoms with Crippen LogP contribution >= 0.6 is 0 Å². The molecule has 14 nitrogen and oxygen atoms in total. The SMILES string of the molecule is CCC1=NN2C(C(C)CNS(=O)Oc3ccc(NS(C)(=O)=O)cc3)=NNC2C1Oc1ccc(NS(=O)Oc2cc(C)ccc2C)cc1. The maximum atomic E-state index is 12.6. The second-order valence-electron chi connectivity index (χ2n) is 11.1. The quantitative estimate of drug-likeness (QED) is 0.184. The first-order valence-corrected chi connectivity index (χ1v) is 18.7. The first-order valence-electron chi connectivity index (χ1n) is 14.7. The van der Waals surface area contributed by atoms with E-state index in [-0.39, 0.29) is 18.6 Å². The number of amidine groups is 1. The Bertz CT molecular complexity index is 1800. The number of sulfonamides is 1. The number of fused-ring (bicyclic) bond motifs is 1. The molecule has 5 unspecified atom stereocenters. The number of hydrogen-bond donors (Lipinski definition) is 4. The van der Waals surface area contributed by atoms with Gasteiger partial charge in [-0.15, -0.1) is 0 Å². The van der Waals surface area contributed by atoms with E-state index in [0.29, 0.717) is 40.9 Å². The van der Waals surface area contributed by atoms with E-state index in [1.165, 1.54) is 24.3 Å². The molecule has 5 atom stereocenters. The summed E-state index contributed by atoms with van der Waals surface area (Å²) >= 11 is -3.64. The van der Waals surface area contributed by atoms with E-state index in [2.05, 4.69) is 24.7 Å². The molecule has 5 rings (SSSR count). The lowest BCUT2D eigenvalue weighted by Gasteiger charge is -2.23. The molecule has 2 heterocycles. The van der Waals surface area contributed by atoms with Gasteiger partial charge in [-0.1, -0.05) is 26.0 Å². The molecular weight excluding hydrogens is 667 g/mol. The summed E-state index contributed by atoms with van der Waals surface area (Å²) in [6.07, 6.45) is 0.936. The van der Waals surface area contributed by atoms with Crippen molar-refractivity contribution in [2.45, 2.75) is 46.4 Å². The molecule has 2 aliphatic heterocycles. The molecule has 0 amide bonds. The standard InChI is InChI=1S/C30H37N7O7S3/c1-6-26-28(42-24-13-9-22(10-14-24)35-46(39)44-27-17-19(2)7-8-20(27)3)30-33-32-29(37(30)34-26)21(4)18-31-45(38)43-25-15-11-23(12-16-25)36-47(5,40)41/h7-17,21,28,30-31,33,35-36H,6,18H2,1-5H3. The molecule has 0 saturated heterocycles. The van der Waals surface area contributed by atoms with Crippen molar-refractivity contribution in [2.75, 3.05) is 22.2 Å². The molecule has 0 spiro atoms. The maximum absolute atomic E-state index is 12.6. The summed E-state index contributed by atoms with van der Waals surface area (Å²) in [6.45, 7) is 8.04. The number of nitrogens with one attached hydrogen (secondary N) is 4. The molecule has 17 heteroatoms. The first kappa shape index (κ1) is 34.2. The van der Waals surface area contributed by atoms with E-state index in [1.807, 2.05) is 45.9 Å². The summed E-state index contributed by atoms with van der Waals surface area (Å²) in [5.74, 6) is 1.92. The van der Waals surface area contributed by atoms with E-state index in [4.69, 9.17) is 18.2 Å². The minimum atomic E-state index is -3.40. The van der Waals surface area contributed by atoms with E-state index < -0.39 is 38.7 Å². The third kappa shape index (κ3) is 9.00. The number of hydrogen-bond acceptors (Lipinski definition) is 11. The van der Waals surface area contributed by atoms with E-state index in [1.54, 1.807) is 29.3 Å². The van der Waals surface area contributed by atoms with Crippen molar-refractivity contribution in [1.82, 2.24) is 15.2 Å². The summed E-state index contributed by atoms with van der Waals surface area (Å²) in [4.78, 5) is 0. The van der Waals surface area contributed by atoms with Gasteiger partial charge in [-0.3, -0.25) is 14.9 Å². The van der Waals surface area contributed by atoms with E-state index in [9.17, 15) is 16.8 Å². The van der Waals surface area contributed by atoms with Crippen LogP contribution in [0.15, 0.2) is 76.9 Å². The zero-order valence-electron chi connectivity index (χ0n) is 26.4. The molecule has 252 valence electrons. The van der Waals surface area contributed by atoms with Gasteiger partial charge in [-0.2, -0.15) is 18.6 Å². The van der Waals surface area contributed by atoms with Crippen molar-refractivity contribution in [1.29, 1.82) is 0 Å². The van der Waals surface area contributed by atoms with Crippen LogP contribution in [0, 0.1) is 19.8 Å². The Morgan fingerprint density at radius 1 is 0.957 bits per heavy atom. The van der Waals surface area contributed by atoms with Gasteiger partial charge in [-0.25, -0.2) is 18.1 Å². The Kier molecular flexibility index (Phi) is 10.7. The lowest BCUT2D eigenvalue weighted by Crippen LogP contribution is -2.47. The molecule has 0 fully saturated rings. The van der Waals surface area contributed by atoms with Crippen LogP contribution in [0.2, 0.25) is 0 Å². The number of hydrazone groups is 2. The van der Waals surface area contributed by atoms with Gasteiger partial charge in [0.15, 0.2) is 18.1 Å². The largest absolute Gasteiger partial charge is 0.480 e. The van der Waals surface area contributed by atoms with Crippen LogP contribution in [0.25, 0.3) is 0 Å². The Morgan fingerprint density at radius 2 is 1.64 bits per heavy atom. The summed E-state index contributed by atoms with van der Waals surface area (Å²) in [6, 6.07) is 18.9. The van der Waals surface area contributed by atoms with E-state index in [0.717, 1.165) is 23.1 Å². The molecule has 0 aromatic heterocycles. The fourth-order valence-electron chi connectivity index (χ4n) is 4.75. The topological polar surface area (TPSA) is 172 Å². The smallest absolute Gasteiger partial charge is 0.316 e. The summed E-state index contributed by atoms with van der Waals surface area (Å²) in [7, 11) is -3.40. The molecule has 3 aromatic carbocycles. The van der Waals surface area contributed by atoms with Crippen LogP contribution < -0.4 is 32.7 Å². The summed E-state index contributed by atoms with van der Waals surface area (Å²) < 4.78 is 73.3. The molecule has 0 bridgehead atoms. The van der Waals surface area contributed by atoms with Gasteiger partial charge in [0.25, 0.3) is 11.3 Å². The van der Waals surface area contributed by atoms with Crippen molar-refractivity contribution in [3.05, 3.63) is 77.9 Å². The van der Waals surface area contributed by atoms with Gasteiger partial charge >= 0.3 is 11.3 Å². The normalized spacial score (nSPS) is 19.0. The van der Waals surface area contributed by atoms with Gasteiger partial charge < -0.3 is 13.1 Å². The van der Waals surface area contributed by atoms with Crippen molar-refractivity contribution in [3.8, 4) is 17.2 Å². The van der Waals surface area contributed by atoms with Gasteiger partial charge in [0.05, 0.1) is 12.0 Å². The third-order valence-electron chi connectivity index (χ3n) is 7.13. The second-order valence-corrected chi connectivity index (χ2v) is 14.6. The predicted octanol–water partition coefficient (Wildman–Crippen LogP) is 3.70. The molecule has 0 aliphatic carbocycles. The lowest BCUT2D eigenvalue weighted by molar-refractivity contribution is 0.170. The van der Waals surface area contributed by atoms with Crippen molar-refractivity contribution < 1.29 is 29.9 Å². The molecule has 0 radical (unpaired) electrons. The summed E-state index contributed by atoms with van der Waals surface area (Å²) in [5.41, 5.74) is 6.83. The zero-order valence-corrected chi connectivity index (χ0v) is 28.9. The average molecular weight is 704 g/mol. The number of ether oxygens (including phenoxy) is 1. The zero-order chi connectivity index (χ0) is 33.7. The third-order valence-corrected chi connectivity index (χ3v) is 9.21. The Balaban J connectivity index is 1.12. The minimum absolute atomic E-state index is 0.195. The molecular formula is C30H37N7O7S3. The monoisotopic (exact) mass is 703 g/mol. The lowest BCUT2D eigenvalue weighted by atomic mass is 10.1. The van der Waals surface area contributed by atoms with Crippen molar-refractivity contribution in [2.24, 2.45) is 16.1 Å².